The second-order valence-corrected chi connectivity index (χ2v) is 5.31. The lowest BCUT2D eigenvalue weighted by molar-refractivity contribution is -0.384. The molecule has 0 atom stereocenters. The third-order valence-electron chi connectivity index (χ3n) is 2.51. The lowest BCUT2D eigenvalue weighted by atomic mass is 10.2. The van der Waals surface area contributed by atoms with Crippen LogP contribution in [0, 0.1) is 13.7 Å². The van der Waals surface area contributed by atoms with Gasteiger partial charge in [-0.25, -0.2) is 0 Å². The molecule has 0 bridgehead atoms. The minimum Gasteiger partial charge on any atom is -0.457 e. The van der Waals surface area contributed by atoms with E-state index in [1.165, 1.54) is 12.1 Å². The number of nitro benzene ring substituents is 1. The Bertz CT molecular complexity index is 632. The predicted molar refractivity (Wildman–Crippen MR) is 86.5 cm³/mol. The summed E-state index contributed by atoms with van der Waals surface area (Å²) in [5.74, 6) is 1.09. The van der Waals surface area contributed by atoms with Crippen LogP contribution in [0.15, 0.2) is 42.5 Å². The van der Waals surface area contributed by atoms with Crippen molar-refractivity contribution in [2.75, 3.05) is 11.9 Å². The number of hydrogen-bond acceptors (Lipinski definition) is 4. The van der Waals surface area contributed by atoms with Crippen molar-refractivity contribution in [3.63, 3.8) is 0 Å². The maximum Gasteiger partial charge on any atom is 0.275 e. The van der Waals surface area contributed by atoms with E-state index in [2.05, 4.69) is 27.9 Å². The van der Waals surface area contributed by atoms with Crippen LogP contribution in [0.25, 0.3) is 0 Å². The Morgan fingerprint density at radius 1 is 1.25 bits per heavy atom. The van der Waals surface area contributed by atoms with E-state index in [-0.39, 0.29) is 5.69 Å². The number of ether oxygens (including phenoxy) is 1. The monoisotopic (exact) mass is 384 g/mol. The Balaban J connectivity index is 2.32. The average Bonchev–Trinajstić information content (AvgIpc) is 2.38. The van der Waals surface area contributed by atoms with Gasteiger partial charge in [-0.15, -0.1) is 0 Å². The minimum absolute atomic E-state index is 0.00378. The van der Waals surface area contributed by atoms with Crippen LogP contribution >= 0.6 is 22.6 Å². The van der Waals surface area contributed by atoms with E-state index >= 15 is 0 Å². The van der Waals surface area contributed by atoms with Crippen LogP contribution in [0.4, 0.5) is 11.4 Å². The van der Waals surface area contributed by atoms with Gasteiger partial charge < -0.3 is 10.1 Å². The molecule has 104 valence electrons. The van der Waals surface area contributed by atoms with Gasteiger partial charge in [0.05, 0.1) is 11.0 Å². The summed E-state index contributed by atoms with van der Waals surface area (Å²) >= 11 is 2.18. The normalized spacial score (nSPS) is 10.1. The van der Waals surface area contributed by atoms with Crippen molar-refractivity contribution in [1.82, 2.24) is 0 Å². The molecule has 0 radical (unpaired) electrons. The molecule has 6 heteroatoms. The molecule has 1 N–H and O–H groups in total. The first-order valence-corrected chi connectivity index (χ1v) is 7.13. The molecule has 0 aromatic heterocycles. The molecule has 0 aliphatic carbocycles. The lowest BCUT2D eigenvalue weighted by Gasteiger charge is -2.09. The molecule has 20 heavy (non-hydrogen) atoms. The Morgan fingerprint density at radius 2 is 2.05 bits per heavy atom. The van der Waals surface area contributed by atoms with Gasteiger partial charge >= 0.3 is 0 Å². The highest BCUT2D eigenvalue weighted by Crippen LogP contribution is 2.30. The number of benzene rings is 2. The van der Waals surface area contributed by atoms with E-state index in [0.29, 0.717) is 23.7 Å². The summed E-state index contributed by atoms with van der Waals surface area (Å²) in [4.78, 5) is 10.5. The van der Waals surface area contributed by atoms with Crippen molar-refractivity contribution in [1.29, 1.82) is 0 Å². The minimum atomic E-state index is -0.428. The van der Waals surface area contributed by atoms with Gasteiger partial charge in [0.1, 0.15) is 11.5 Å². The SMILES string of the molecule is CCNc1cc(Oc2cccc(I)c2)cc([N+](=O)[O-])c1. The summed E-state index contributed by atoms with van der Waals surface area (Å²) in [5.41, 5.74) is 0.673. The highest BCUT2D eigenvalue weighted by Gasteiger charge is 2.11. The standard InChI is InChI=1S/C14H13IN2O3/c1-2-16-11-7-12(17(18)19)9-14(8-11)20-13-5-3-4-10(15)6-13/h3-9,16H,2H2,1H3. The molecule has 5 nitrogen and oxygen atoms in total. The zero-order valence-electron chi connectivity index (χ0n) is 10.8. The highest BCUT2D eigenvalue weighted by molar-refractivity contribution is 14.1. The van der Waals surface area contributed by atoms with Crippen molar-refractivity contribution in [3.8, 4) is 11.5 Å². The fourth-order valence-electron chi connectivity index (χ4n) is 1.72. The molecule has 0 aliphatic heterocycles. The number of anilines is 1. The zero-order chi connectivity index (χ0) is 14.5. The van der Waals surface area contributed by atoms with Gasteiger partial charge in [-0.3, -0.25) is 10.1 Å². The first kappa shape index (κ1) is 14.6. The number of hydrogen-bond donors (Lipinski definition) is 1. The quantitative estimate of drug-likeness (QED) is 0.471. The van der Waals surface area contributed by atoms with Crippen LogP contribution in [0.5, 0.6) is 11.5 Å². The first-order chi connectivity index (χ1) is 9.58. The maximum absolute atomic E-state index is 10.9. The average molecular weight is 384 g/mol. The third kappa shape index (κ3) is 3.83. The van der Waals surface area contributed by atoms with Gasteiger partial charge in [0.25, 0.3) is 5.69 Å². The van der Waals surface area contributed by atoms with Crippen molar-refractivity contribution in [3.05, 3.63) is 56.1 Å². The van der Waals surface area contributed by atoms with Gasteiger partial charge in [0, 0.05) is 27.9 Å². The van der Waals surface area contributed by atoms with Crippen LogP contribution in [0.1, 0.15) is 6.92 Å². The van der Waals surface area contributed by atoms with Crippen molar-refractivity contribution < 1.29 is 9.66 Å². The van der Waals surface area contributed by atoms with E-state index in [1.807, 2.05) is 31.2 Å². The number of non-ortho nitro benzene ring substituents is 1. The molecule has 2 aromatic rings. The van der Waals surface area contributed by atoms with E-state index in [0.717, 1.165) is 3.57 Å². The zero-order valence-corrected chi connectivity index (χ0v) is 13.0. The summed E-state index contributed by atoms with van der Waals surface area (Å²) < 4.78 is 6.73. The second-order valence-electron chi connectivity index (χ2n) is 4.06. The number of rotatable bonds is 5. The van der Waals surface area contributed by atoms with Gasteiger partial charge in [0.2, 0.25) is 0 Å². The summed E-state index contributed by atoms with van der Waals surface area (Å²) in [6, 6.07) is 12.2. The Hall–Kier alpha value is -1.83. The molecule has 0 unspecified atom stereocenters. The molecule has 0 aliphatic rings. The molecule has 0 amide bonds. The maximum atomic E-state index is 10.9. The number of nitrogens with zero attached hydrogens (tertiary/aromatic N) is 1. The molecular weight excluding hydrogens is 371 g/mol. The molecule has 0 fully saturated rings. The van der Waals surface area contributed by atoms with E-state index in [9.17, 15) is 10.1 Å². The summed E-state index contributed by atoms with van der Waals surface area (Å²) in [7, 11) is 0. The topological polar surface area (TPSA) is 64.4 Å². The lowest BCUT2D eigenvalue weighted by Crippen LogP contribution is -1.98. The smallest absolute Gasteiger partial charge is 0.275 e. The molecule has 2 aromatic carbocycles. The van der Waals surface area contributed by atoms with Gasteiger partial charge in [-0.2, -0.15) is 0 Å². The molecule has 0 heterocycles. The van der Waals surface area contributed by atoms with Crippen LogP contribution in [-0.2, 0) is 0 Å². The molecule has 0 saturated carbocycles. The van der Waals surface area contributed by atoms with Crippen LogP contribution < -0.4 is 10.1 Å². The largest absolute Gasteiger partial charge is 0.457 e. The van der Waals surface area contributed by atoms with E-state index in [1.54, 1.807) is 6.07 Å². The van der Waals surface area contributed by atoms with Crippen LogP contribution in [0.2, 0.25) is 0 Å². The molecule has 0 spiro atoms. The predicted octanol–water partition coefficient (Wildman–Crippen LogP) is 4.42. The second kappa shape index (κ2) is 6.56. The van der Waals surface area contributed by atoms with Gasteiger partial charge in [-0.05, 0) is 47.7 Å². The summed E-state index contributed by atoms with van der Waals surface area (Å²) in [6.45, 7) is 2.61. The van der Waals surface area contributed by atoms with Gasteiger partial charge in [0.15, 0.2) is 0 Å². The third-order valence-corrected chi connectivity index (χ3v) is 3.19. The van der Waals surface area contributed by atoms with Crippen molar-refractivity contribution in [2.24, 2.45) is 0 Å². The van der Waals surface area contributed by atoms with Gasteiger partial charge in [-0.1, -0.05) is 6.07 Å². The van der Waals surface area contributed by atoms with Crippen LogP contribution in [-0.4, -0.2) is 11.5 Å². The van der Waals surface area contributed by atoms with Crippen molar-refractivity contribution in [2.45, 2.75) is 6.92 Å². The summed E-state index contributed by atoms with van der Waals surface area (Å²) in [6.07, 6.45) is 0. The van der Waals surface area contributed by atoms with E-state index < -0.39 is 4.92 Å². The number of nitrogens with one attached hydrogen (secondary N) is 1. The molecule has 2 rings (SSSR count). The Labute approximate surface area is 130 Å². The van der Waals surface area contributed by atoms with Crippen LogP contribution in [0.3, 0.4) is 0 Å². The Kier molecular flexibility index (Phi) is 4.78. The van der Waals surface area contributed by atoms with E-state index in [4.69, 9.17) is 4.74 Å². The highest BCUT2D eigenvalue weighted by atomic mass is 127. The Morgan fingerprint density at radius 3 is 2.70 bits per heavy atom. The summed E-state index contributed by atoms with van der Waals surface area (Å²) in [5, 5.41) is 14.0. The first-order valence-electron chi connectivity index (χ1n) is 6.05. The molecular formula is C14H13IN2O3. The fourth-order valence-corrected chi connectivity index (χ4v) is 2.23. The molecule has 0 saturated heterocycles. The van der Waals surface area contributed by atoms with Crippen molar-refractivity contribution >= 4 is 34.0 Å². The number of halogens is 1. The number of nitro groups is 1. The fraction of sp³-hybridized carbons (Fsp3) is 0.143.